The number of carboxylic acids is 1. The minimum Gasteiger partial charge on any atom is -0.545 e. The Hall–Kier alpha value is 0.295. The predicted octanol–water partition coefficient (Wildman–Crippen LogP) is -3.24. The van der Waals surface area contributed by atoms with Crippen molar-refractivity contribution >= 4 is 5.97 Å². The molecule has 0 amide bonds. The van der Waals surface area contributed by atoms with E-state index >= 15 is 0 Å². The van der Waals surface area contributed by atoms with E-state index < -0.39 is 5.97 Å². The molecule has 4 heteroatoms. The number of hydrogen-bond donors (Lipinski definition) is 1. The Bertz CT molecular complexity index is 242. The van der Waals surface area contributed by atoms with Crippen LogP contribution in [0.4, 0.5) is 0 Å². The fourth-order valence-electron chi connectivity index (χ4n) is 0.598. The molecule has 0 aliphatic rings. The number of phenols is 1. The third-order valence-corrected chi connectivity index (χ3v) is 1.10. The molecule has 0 saturated heterocycles. The van der Waals surface area contributed by atoms with Gasteiger partial charge in [0, 0.05) is 0 Å². The first kappa shape index (κ1) is 11.3. The van der Waals surface area contributed by atoms with Gasteiger partial charge in [0.05, 0.1) is 5.97 Å². The van der Waals surface area contributed by atoms with Gasteiger partial charge in [-0.25, -0.2) is 0 Å². The minimum atomic E-state index is -1.24. The molecule has 11 heavy (non-hydrogen) atoms. The molecule has 0 spiro atoms. The molecule has 0 fully saturated rings. The summed E-state index contributed by atoms with van der Waals surface area (Å²) in [5.74, 6) is -1.19. The van der Waals surface area contributed by atoms with Gasteiger partial charge in [-0.2, -0.15) is 0 Å². The molecule has 0 aliphatic carbocycles. The van der Waals surface area contributed by atoms with Crippen molar-refractivity contribution in [1.29, 1.82) is 0 Å². The van der Waals surface area contributed by atoms with E-state index in [-0.39, 0.29) is 69.5 Å². The monoisotopic (exact) mass is 222 g/mol. The van der Waals surface area contributed by atoms with Crippen LogP contribution in [0.25, 0.3) is 0 Å². The predicted molar refractivity (Wildman–Crippen MR) is 32.4 cm³/mol. The summed E-state index contributed by atoms with van der Waals surface area (Å²) in [5, 5.41) is 18.8. The maximum Gasteiger partial charge on any atom is 1.00 e. The molecule has 0 unspecified atom stereocenters. The summed E-state index contributed by atoms with van der Waals surface area (Å²) < 4.78 is 0. The first-order valence-corrected chi connectivity index (χ1v) is 2.70. The van der Waals surface area contributed by atoms with Crippen LogP contribution in [0.15, 0.2) is 24.3 Å². The summed E-state index contributed by atoms with van der Waals surface area (Å²) in [4.78, 5) is 10.1. The summed E-state index contributed by atoms with van der Waals surface area (Å²) in [6.45, 7) is 0. The molecular weight excluding hydrogens is 218 g/mol. The maximum absolute atomic E-state index is 10.1. The van der Waals surface area contributed by atoms with Gasteiger partial charge in [0.15, 0.2) is 0 Å². The molecule has 52 valence electrons. The topological polar surface area (TPSA) is 60.4 Å². The second-order valence-corrected chi connectivity index (χ2v) is 1.83. The van der Waals surface area contributed by atoms with Gasteiger partial charge in [-0.3, -0.25) is 0 Å². The zero-order valence-corrected chi connectivity index (χ0v) is 11.0. The standard InChI is InChI=1S/C7H6O3.Rb/c8-6-3-1-5(2-4-6)7(9)10;/h1-4,8H,(H,9,10);/q;+1/p-1. The summed E-state index contributed by atoms with van der Waals surface area (Å²) in [7, 11) is 0. The number of phenolic OH excluding ortho intramolecular Hbond substituents is 1. The van der Waals surface area contributed by atoms with E-state index in [2.05, 4.69) is 0 Å². The fourth-order valence-corrected chi connectivity index (χ4v) is 0.598. The van der Waals surface area contributed by atoms with Crippen molar-refractivity contribution in [1.82, 2.24) is 0 Å². The van der Waals surface area contributed by atoms with E-state index in [0.717, 1.165) is 0 Å². The molecule has 0 aliphatic heterocycles. The zero-order chi connectivity index (χ0) is 7.56. The molecule has 1 aromatic carbocycles. The van der Waals surface area contributed by atoms with Crippen molar-refractivity contribution in [3.8, 4) is 5.75 Å². The van der Waals surface area contributed by atoms with E-state index in [0.29, 0.717) is 0 Å². The van der Waals surface area contributed by atoms with Crippen LogP contribution in [0.3, 0.4) is 0 Å². The van der Waals surface area contributed by atoms with Gasteiger partial charge < -0.3 is 15.0 Å². The van der Waals surface area contributed by atoms with Gasteiger partial charge in [-0.05, 0) is 29.8 Å². The van der Waals surface area contributed by atoms with Gasteiger partial charge in [-0.15, -0.1) is 0 Å². The molecule has 0 radical (unpaired) electrons. The summed E-state index contributed by atoms with van der Waals surface area (Å²) in [6.07, 6.45) is 0. The minimum absolute atomic E-state index is 0. The van der Waals surface area contributed by atoms with Crippen molar-refractivity contribution < 1.29 is 73.2 Å². The molecule has 0 saturated carbocycles. The maximum atomic E-state index is 10.1. The van der Waals surface area contributed by atoms with Crippen LogP contribution in [0.5, 0.6) is 5.75 Å². The number of aromatic carboxylic acids is 1. The molecule has 3 nitrogen and oxygen atoms in total. The summed E-state index contributed by atoms with van der Waals surface area (Å²) in [5.41, 5.74) is 0.0674. The van der Waals surface area contributed by atoms with Crippen LogP contribution >= 0.6 is 0 Å². The van der Waals surface area contributed by atoms with Gasteiger partial charge >= 0.3 is 58.2 Å². The molecule has 1 N–H and O–H groups in total. The van der Waals surface area contributed by atoms with E-state index in [1.54, 1.807) is 0 Å². The molecular formula is C7H5O3Rb. The van der Waals surface area contributed by atoms with Crippen LogP contribution in [-0.2, 0) is 0 Å². The number of carboxylic acid groups (broad SMARTS) is 1. The number of carbonyl (C=O) groups is 1. The quantitative estimate of drug-likeness (QED) is 0.543. The number of benzene rings is 1. The normalized spacial score (nSPS) is 8.36. The molecule has 1 aromatic rings. The molecule has 0 aromatic heterocycles. The average molecular weight is 223 g/mol. The van der Waals surface area contributed by atoms with Gasteiger partial charge in [0.1, 0.15) is 5.75 Å². The van der Waals surface area contributed by atoms with Crippen molar-refractivity contribution in [2.75, 3.05) is 0 Å². The molecule has 1 rings (SSSR count). The van der Waals surface area contributed by atoms with Gasteiger partial charge in [0.25, 0.3) is 0 Å². The Morgan fingerprint density at radius 2 is 1.73 bits per heavy atom. The number of hydrogen-bond acceptors (Lipinski definition) is 3. The Morgan fingerprint density at radius 3 is 2.09 bits per heavy atom. The van der Waals surface area contributed by atoms with E-state index in [1.165, 1.54) is 24.3 Å². The number of rotatable bonds is 1. The summed E-state index contributed by atoms with van der Waals surface area (Å²) >= 11 is 0. The van der Waals surface area contributed by atoms with Gasteiger partial charge in [0.2, 0.25) is 0 Å². The smallest absolute Gasteiger partial charge is 0.545 e. The fraction of sp³-hybridized carbons (Fsp3) is 0. The van der Waals surface area contributed by atoms with Crippen molar-refractivity contribution in [2.45, 2.75) is 0 Å². The third kappa shape index (κ3) is 3.47. The van der Waals surface area contributed by atoms with Crippen LogP contribution in [0.1, 0.15) is 10.4 Å². The average Bonchev–Trinajstić information content (AvgIpc) is 1.88. The van der Waals surface area contributed by atoms with E-state index in [1.807, 2.05) is 0 Å². The first-order chi connectivity index (χ1) is 4.70. The van der Waals surface area contributed by atoms with Crippen LogP contribution in [0, 0.1) is 0 Å². The van der Waals surface area contributed by atoms with Crippen LogP contribution in [0.2, 0.25) is 0 Å². The van der Waals surface area contributed by atoms with Crippen molar-refractivity contribution in [2.24, 2.45) is 0 Å². The largest absolute Gasteiger partial charge is 1.00 e. The van der Waals surface area contributed by atoms with Crippen LogP contribution < -0.4 is 63.3 Å². The molecule has 0 atom stereocenters. The van der Waals surface area contributed by atoms with E-state index in [4.69, 9.17) is 5.11 Å². The Kier molecular flexibility index (Phi) is 5.17. The second-order valence-electron chi connectivity index (χ2n) is 1.83. The first-order valence-electron chi connectivity index (χ1n) is 2.70. The molecule has 0 bridgehead atoms. The molecule has 0 heterocycles. The second kappa shape index (κ2) is 5.03. The van der Waals surface area contributed by atoms with Crippen molar-refractivity contribution in [3.63, 3.8) is 0 Å². The van der Waals surface area contributed by atoms with E-state index in [9.17, 15) is 9.90 Å². The zero-order valence-electron chi connectivity index (χ0n) is 6.07. The number of aromatic hydroxyl groups is 1. The Labute approximate surface area is 113 Å². The van der Waals surface area contributed by atoms with Crippen molar-refractivity contribution in [3.05, 3.63) is 29.8 Å². The number of carbonyl (C=O) groups excluding carboxylic acids is 1. The van der Waals surface area contributed by atoms with Gasteiger partial charge in [-0.1, -0.05) is 0 Å². The third-order valence-electron chi connectivity index (χ3n) is 1.10. The SMILES string of the molecule is O=C([O-])c1ccc(O)cc1.[Rb+]. The van der Waals surface area contributed by atoms with Crippen LogP contribution in [-0.4, -0.2) is 11.1 Å². The summed E-state index contributed by atoms with van der Waals surface area (Å²) in [6, 6.07) is 5.16. The Balaban J connectivity index is 0.000001000. The Morgan fingerprint density at radius 1 is 1.27 bits per heavy atom.